The molecule has 2 aliphatic rings. The highest BCUT2D eigenvalue weighted by molar-refractivity contribution is 14.0. The van der Waals surface area contributed by atoms with Gasteiger partial charge >= 0.3 is 0 Å². The lowest BCUT2D eigenvalue weighted by atomic mass is 9.88. The molecule has 0 radical (unpaired) electrons. The molecule has 1 amide bonds. The highest BCUT2D eigenvalue weighted by atomic mass is 127. The van der Waals surface area contributed by atoms with Crippen molar-refractivity contribution in [2.75, 3.05) is 26.2 Å². The predicted molar refractivity (Wildman–Crippen MR) is 128 cm³/mol. The van der Waals surface area contributed by atoms with Crippen molar-refractivity contribution >= 4 is 35.8 Å². The molecule has 1 aromatic heterocycles. The van der Waals surface area contributed by atoms with Crippen LogP contribution in [0.2, 0.25) is 0 Å². The summed E-state index contributed by atoms with van der Waals surface area (Å²) >= 11 is 0. The molecule has 0 aromatic carbocycles. The first-order valence-electron chi connectivity index (χ1n) is 11.2. The van der Waals surface area contributed by atoms with Crippen LogP contribution in [-0.2, 0) is 11.2 Å². The minimum absolute atomic E-state index is 0. The summed E-state index contributed by atoms with van der Waals surface area (Å²) in [5.41, 5.74) is 0. The number of halogens is 1. The van der Waals surface area contributed by atoms with Crippen molar-refractivity contribution in [3.63, 3.8) is 0 Å². The summed E-state index contributed by atoms with van der Waals surface area (Å²) < 4.78 is 5.28. The normalized spacial score (nSPS) is 20.3. The molecule has 1 aromatic rings. The second-order valence-electron chi connectivity index (χ2n) is 8.46. The molecule has 1 atom stereocenters. The molecule has 1 saturated heterocycles. The average Bonchev–Trinajstić information content (AvgIpc) is 3.38. The van der Waals surface area contributed by atoms with Gasteiger partial charge in [0.15, 0.2) is 11.8 Å². The zero-order valence-electron chi connectivity index (χ0n) is 18.5. The number of guanidine groups is 1. The summed E-state index contributed by atoms with van der Waals surface area (Å²) in [6.45, 7) is 9.12. The second-order valence-corrected chi connectivity index (χ2v) is 8.46. The molecule has 30 heavy (non-hydrogen) atoms. The number of hydrogen-bond donors (Lipinski definition) is 2. The number of rotatable bonds is 7. The lowest BCUT2D eigenvalue weighted by Gasteiger charge is -2.26. The molecule has 1 unspecified atom stereocenters. The van der Waals surface area contributed by atoms with Gasteiger partial charge in [-0.1, -0.05) is 38.3 Å². The summed E-state index contributed by atoms with van der Waals surface area (Å²) in [5, 5.41) is 10.8. The van der Waals surface area contributed by atoms with E-state index in [1.54, 1.807) is 0 Å². The largest absolute Gasteiger partial charge is 0.357 e. The number of hydrogen-bond acceptors (Lipinski definition) is 5. The van der Waals surface area contributed by atoms with Crippen molar-refractivity contribution in [3.8, 4) is 0 Å². The molecule has 0 spiro atoms. The Morgan fingerprint density at radius 2 is 2.03 bits per heavy atom. The van der Waals surface area contributed by atoms with Crippen LogP contribution < -0.4 is 10.6 Å². The van der Waals surface area contributed by atoms with E-state index in [0.29, 0.717) is 24.8 Å². The number of amides is 1. The first-order chi connectivity index (χ1) is 14.1. The molecule has 9 heteroatoms. The third-order valence-electron chi connectivity index (χ3n) is 5.74. The molecule has 2 fully saturated rings. The quantitative estimate of drug-likeness (QED) is 0.319. The number of nitrogens with one attached hydrogen (secondary N) is 2. The van der Waals surface area contributed by atoms with Crippen molar-refractivity contribution in [1.82, 2.24) is 25.7 Å². The molecule has 2 N–H and O–H groups in total. The Balaban J connectivity index is 0.00000320. The smallest absolute Gasteiger partial charge is 0.228 e. The zero-order chi connectivity index (χ0) is 20.6. The Morgan fingerprint density at radius 3 is 2.70 bits per heavy atom. The van der Waals surface area contributed by atoms with Crippen molar-refractivity contribution in [2.45, 2.75) is 77.7 Å². The summed E-state index contributed by atoms with van der Waals surface area (Å²) in [4.78, 5) is 23.9. The van der Waals surface area contributed by atoms with Crippen LogP contribution in [0.1, 0.15) is 76.9 Å². The minimum atomic E-state index is 0. The van der Waals surface area contributed by atoms with E-state index in [0.717, 1.165) is 50.7 Å². The molecule has 170 valence electrons. The van der Waals surface area contributed by atoms with Crippen molar-refractivity contribution in [2.24, 2.45) is 10.9 Å². The van der Waals surface area contributed by atoms with E-state index in [1.807, 2.05) is 18.7 Å². The van der Waals surface area contributed by atoms with Gasteiger partial charge in [0.1, 0.15) is 0 Å². The standard InChI is InChI=1S/C21H36N6O2.HI/c1-4-22-21(23-12-10-18-25-19(15(2)3)26-29-18)24-17-11-13-27(14-17)20(28)16-8-6-5-7-9-16;/h15-17H,4-14H2,1-3H3,(H2,22,23,24);1H. The van der Waals surface area contributed by atoms with Gasteiger partial charge in [0.25, 0.3) is 0 Å². The Hall–Kier alpha value is -1.39. The molecule has 1 aliphatic heterocycles. The van der Waals surface area contributed by atoms with Crippen LogP contribution in [0.25, 0.3) is 0 Å². The maximum Gasteiger partial charge on any atom is 0.228 e. The fourth-order valence-corrected chi connectivity index (χ4v) is 4.07. The van der Waals surface area contributed by atoms with Crippen LogP contribution in [-0.4, -0.2) is 59.1 Å². The monoisotopic (exact) mass is 532 g/mol. The lowest BCUT2D eigenvalue weighted by Crippen LogP contribution is -2.45. The zero-order valence-corrected chi connectivity index (χ0v) is 20.9. The maximum absolute atomic E-state index is 12.8. The number of likely N-dealkylation sites (tertiary alicyclic amines) is 1. The third kappa shape index (κ3) is 7.09. The first-order valence-corrected chi connectivity index (χ1v) is 11.2. The number of aromatic nitrogens is 2. The molecule has 1 aliphatic carbocycles. The predicted octanol–water partition coefficient (Wildman–Crippen LogP) is 3.09. The van der Waals surface area contributed by atoms with Crippen LogP contribution in [0.3, 0.4) is 0 Å². The van der Waals surface area contributed by atoms with E-state index in [9.17, 15) is 4.79 Å². The third-order valence-corrected chi connectivity index (χ3v) is 5.74. The van der Waals surface area contributed by atoms with Crippen LogP contribution in [0.5, 0.6) is 0 Å². The van der Waals surface area contributed by atoms with Crippen LogP contribution in [0.15, 0.2) is 9.52 Å². The van der Waals surface area contributed by atoms with E-state index in [1.165, 1.54) is 19.3 Å². The molecule has 1 saturated carbocycles. The van der Waals surface area contributed by atoms with Gasteiger partial charge in [-0.05, 0) is 26.2 Å². The van der Waals surface area contributed by atoms with E-state index in [2.05, 4.69) is 32.7 Å². The van der Waals surface area contributed by atoms with E-state index < -0.39 is 0 Å². The van der Waals surface area contributed by atoms with E-state index in [-0.39, 0.29) is 41.9 Å². The van der Waals surface area contributed by atoms with Gasteiger partial charge in [-0.3, -0.25) is 9.79 Å². The fourth-order valence-electron chi connectivity index (χ4n) is 4.07. The molecule has 8 nitrogen and oxygen atoms in total. The van der Waals surface area contributed by atoms with Crippen LogP contribution >= 0.6 is 24.0 Å². The van der Waals surface area contributed by atoms with Crippen LogP contribution in [0.4, 0.5) is 0 Å². The molecule has 2 heterocycles. The van der Waals surface area contributed by atoms with Gasteiger partial charge in [-0.15, -0.1) is 24.0 Å². The highest BCUT2D eigenvalue weighted by Crippen LogP contribution is 2.26. The van der Waals surface area contributed by atoms with Gasteiger partial charge < -0.3 is 20.1 Å². The Kier molecular flexibility index (Phi) is 10.3. The summed E-state index contributed by atoms with van der Waals surface area (Å²) in [7, 11) is 0. The summed E-state index contributed by atoms with van der Waals surface area (Å²) in [6.07, 6.45) is 7.37. The van der Waals surface area contributed by atoms with Crippen molar-refractivity contribution in [3.05, 3.63) is 11.7 Å². The summed E-state index contributed by atoms with van der Waals surface area (Å²) in [5.74, 6) is 3.01. The molecular weight excluding hydrogens is 495 g/mol. The van der Waals surface area contributed by atoms with Gasteiger partial charge in [0, 0.05) is 43.9 Å². The fraction of sp³-hybridized carbons (Fsp3) is 0.810. The van der Waals surface area contributed by atoms with Crippen LogP contribution in [0, 0.1) is 5.92 Å². The van der Waals surface area contributed by atoms with E-state index in [4.69, 9.17) is 4.52 Å². The van der Waals surface area contributed by atoms with Gasteiger partial charge in [-0.2, -0.15) is 4.98 Å². The van der Waals surface area contributed by atoms with Gasteiger partial charge in [-0.25, -0.2) is 0 Å². The van der Waals surface area contributed by atoms with Gasteiger partial charge in [0.2, 0.25) is 11.8 Å². The molecule has 0 bridgehead atoms. The van der Waals surface area contributed by atoms with Gasteiger partial charge in [0.05, 0.1) is 6.54 Å². The molecular formula is C21H37IN6O2. The molecule has 3 rings (SSSR count). The minimum Gasteiger partial charge on any atom is -0.357 e. The number of carbonyl (C=O) groups is 1. The van der Waals surface area contributed by atoms with Crippen molar-refractivity contribution in [1.29, 1.82) is 0 Å². The Morgan fingerprint density at radius 1 is 1.27 bits per heavy atom. The van der Waals surface area contributed by atoms with E-state index >= 15 is 0 Å². The number of carbonyl (C=O) groups excluding carboxylic acids is 1. The Labute approximate surface area is 197 Å². The van der Waals surface area contributed by atoms with Crippen molar-refractivity contribution < 1.29 is 9.32 Å². The lowest BCUT2D eigenvalue weighted by molar-refractivity contribution is -0.135. The second kappa shape index (κ2) is 12.5. The Bertz CT molecular complexity index is 687. The topological polar surface area (TPSA) is 95.7 Å². The number of nitrogens with zero attached hydrogens (tertiary/aromatic N) is 4. The average molecular weight is 532 g/mol. The maximum atomic E-state index is 12.8. The number of aliphatic imine (C=N–C) groups is 1. The SMILES string of the molecule is CCNC(=NCCc1nc(C(C)C)no1)NC1CCN(C(=O)C2CCCCC2)C1.I. The highest BCUT2D eigenvalue weighted by Gasteiger charge is 2.31. The first kappa shape index (κ1) is 24.9. The summed E-state index contributed by atoms with van der Waals surface area (Å²) in [6, 6.07) is 0.247.